The molecule has 1 saturated heterocycles. The number of esters is 1. The van der Waals surface area contributed by atoms with Crippen LogP contribution in [0.1, 0.15) is 11.1 Å². The topological polar surface area (TPSA) is 99.7 Å². The summed E-state index contributed by atoms with van der Waals surface area (Å²) in [6, 6.07) is 15.5. The molecule has 0 radical (unpaired) electrons. The van der Waals surface area contributed by atoms with Gasteiger partial charge in [-0.05, 0) is 23.1 Å². The number of carbonyl (C=O) groups is 2. The highest BCUT2D eigenvalue weighted by atomic mass is 16.5. The molecule has 0 saturated carbocycles. The first-order valence-corrected chi connectivity index (χ1v) is 9.13. The quantitative estimate of drug-likeness (QED) is 0.436. The first-order chi connectivity index (χ1) is 13.5. The molecule has 7 nitrogen and oxygen atoms in total. The molecule has 1 heterocycles. The third-order valence-electron chi connectivity index (χ3n) is 4.90. The van der Waals surface area contributed by atoms with Gasteiger partial charge in [-0.3, -0.25) is 10.2 Å². The minimum absolute atomic E-state index is 0.00901. The summed E-state index contributed by atoms with van der Waals surface area (Å²) in [5.41, 5.74) is 9.49. The molecular weight excluding hydrogens is 356 g/mol. The van der Waals surface area contributed by atoms with Gasteiger partial charge in [-0.15, -0.1) is 0 Å². The Balaban J connectivity index is 1.68. The van der Waals surface area contributed by atoms with E-state index in [9.17, 15) is 9.59 Å². The van der Waals surface area contributed by atoms with Crippen LogP contribution in [0.5, 0.6) is 0 Å². The van der Waals surface area contributed by atoms with Gasteiger partial charge >= 0.3 is 12.0 Å². The van der Waals surface area contributed by atoms with E-state index in [-0.39, 0.29) is 18.4 Å². The number of benzene rings is 2. The van der Waals surface area contributed by atoms with Crippen molar-refractivity contribution in [2.45, 2.75) is 6.42 Å². The van der Waals surface area contributed by atoms with Gasteiger partial charge in [0.1, 0.15) is 12.4 Å². The van der Waals surface area contributed by atoms with Gasteiger partial charge in [-0.2, -0.15) is 0 Å². The van der Waals surface area contributed by atoms with Crippen LogP contribution >= 0.6 is 0 Å². The molecular formula is C21H24N4O3. The Morgan fingerprint density at radius 1 is 1.11 bits per heavy atom. The van der Waals surface area contributed by atoms with Gasteiger partial charge in [0.25, 0.3) is 0 Å². The molecule has 1 aliphatic heterocycles. The summed E-state index contributed by atoms with van der Waals surface area (Å²) < 4.78 is 4.64. The molecule has 0 bridgehead atoms. The highest BCUT2D eigenvalue weighted by Crippen LogP contribution is 2.25. The molecule has 2 amide bonds. The Hall–Kier alpha value is -3.35. The van der Waals surface area contributed by atoms with E-state index >= 15 is 0 Å². The van der Waals surface area contributed by atoms with E-state index in [0.29, 0.717) is 31.6 Å². The summed E-state index contributed by atoms with van der Waals surface area (Å²) in [5, 5.41) is 7.51. The fraction of sp³-hybridized carbons (Fsp3) is 0.286. The molecule has 0 atom stereocenters. The molecule has 0 unspecified atom stereocenters. The molecule has 0 aromatic heterocycles. The van der Waals surface area contributed by atoms with E-state index in [2.05, 4.69) is 10.8 Å². The second-order valence-corrected chi connectivity index (χ2v) is 6.67. The zero-order valence-corrected chi connectivity index (χ0v) is 15.9. The van der Waals surface area contributed by atoms with Crippen molar-refractivity contribution >= 4 is 17.8 Å². The zero-order valence-electron chi connectivity index (χ0n) is 15.9. The largest absolute Gasteiger partial charge is 0.468 e. The maximum absolute atomic E-state index is 12.4. The third kappa shape index (κ3) is 4.31. The van der Waals surface area contributed by atoms with E-state index < -0.39 is 5.97 Å². The van der Waals surface area contributed by atoms with E-state index in [1.165, 1.54) is 12.0 Å². The minimum Gasteiger partial charge on any atom is -0.468 e. The van der Waals surface area contributed by atoms with Crippen molar-refractivity contribution in [3.05, 3.63) is 59.7 Å². The molecule has 3 N–H and O–H groups in total. The number of nitrogens with zero attached hydrogens (tertiary/aromatic N) is 2. The maximum Gasteiger partial charge on any atom is 0.325 e. The smallest absolute Gasteiger partial charge is 0.325 e. The summed E-state index contributed by atoms with van der Waals surface area (Å²) in [4.78, 5) is 27.1. The summed E-state index contributed by atoms with van der Waals surface area (Å²) in [6.45, 7) is 1.71. The van der Waals surface area contributed by atoms with Gasteiger partial charge in [0.05, 0.1) is 7.11 Å². The highest BCUT2D eigenvalue weighted by molar-refractivity contribution is 5.95. The standard InChI is InChI=1S/C21H24N4O3/c1-28-19(26)14-25-13-12-24(21(25)27)11-10-15-4-2-3-5-18(15)16-6-8-17(9-7-16)20(22)23/h2-9H,10-14H2,1H3,(H3,22,23). The predicted octanol–water partition coefficient (Wildman–Crippen LogP) is 2.09. The van der Waals surface area contributed by atoms with Crippen LogP contribution in [0.4, 0.5) is 4.79 Å². The van der Waals surface area contributed by atoms with Crippen molar-refractivity contribution in [2.24, 2.45) is 5.73 Å². The van der Waals surface area contributed by atoms with E-state index in [0.717, 1.165) is 16.7 Å². The van der Waals surface area contributed by atoms with Crippen LogP contribution in [0.2, 0.25) is 0 Å². The van der Waals surface area contributed by atoms with Gasteiger partial charge in [0.2, 0.25) is 0 Å². The van der Waals surface area contributed by atoms with Crippen molar-refractivity contribution in [3.63, 3.8) is 0 Å². The van der Waals surface area contributed by atoms with Crippen LogP contribution in [-0.2, 0) is 16.0 Å². The summed E-state index contributed by atoms with van der Waals surface area (Å²) >= 11 is 0. The zero-order chi connectivity index (χ0) is 20.1. The Morgan fingerprint density at radius 2 is 1.79 bits per heavy atom. The van der Waals surface area contributed by atoms with E-state index in [1.807, 2.05) is 42.5 Å². The lowest BCUT2D eigenvalue weighted by molar-refractivity contribution is -0.141. The molecule has 2 aromatic rings. The number of ether oxygens (including phenoxy) is 1. The normalized spacial score (nSPS) is 13.7. The lowest BCUT2D eigenvalue weighted by Crippen LogP contribution is -2.36. The van der Waals surface area contributed by atoms with Crippen molar-refractivity contribution in [1.82, 2.24) is 9.80 Å². The monoisotopic (exact) mass is 380 g/mol. The van der Waals surface area contributed by atoms with Gasteiger partial charge in [-0.25, -0.2) is 4.79 Å². The molecule has 146 valence electrons. The average Bonchev–Trinajstić information content (AvgIpc) is 3.06. The number of amidine groups is 1. The molecule has 1 fully saturated rings. The Kier molecular flexibility index (Phi) is 5.93. The van der Waals surface area contributed by atoms with Crippen LogP contribution in [-0.4, -0.2) is 60.9 Å². The minimum atomic E-state index is -0.408. The third-order valence-corrected chi connectivity index (χ3v) is 4.90. The molecule has 1 aliphatic rings. The number of nitrogens with one attached hydrogen (secondary N) is 1. The molecule has 3 rings (SSSR count). The molecule has 28 heavy (non-hydrogen) atoms. The second kappa shape index (κ2) is 8.56. The fourth-order valence-corrected chi connectivity index (χ4v) is 3.31. The van der Waals surface area contributed by atoms with Crippen molar-refractivity contribution in [1.29, 1.82) is 5.41 Å². The maximum atomic E-state index is 12.4. The number of methoxy groups -OCH3 is 1. The summed E-state index contributed by atoms with van der Waals surface area (Å²) in [5.74, 6) is -0.363. The lowest BCUT2D eigenvalue weighted by atomic mass is 9.96. The number of amides is 2. The second-order valence-electron chi connectivity index (χ2n) is 6.67. The van der Waals surface area contributed by atoms with Gasteiger partial charge in [0.15, 0.2) is 0 Å². The Labute approximate surface area is 164 Å². The molecule has 2 aromatic carbocycles. The van der Waals surface area contributed by atoms with Gasteiger partial charge in [-0.1, -0.05) is 48.5 Å². The number of carbonyl (C=O) groups excluding carboxylic acids is 2. The van der Waals surface area contributed by atoms with Crippen molar-refractivity contribution in [3.8, 4) is 11.1 Å². The summed E-state index contributed by atoms with van der Waals surface area (Å²) in [7, 11) is 1.32. The first-order valence-electron chi connectivity index (χ1n) is 9.13. The molecule has 7 heteroatoms. The SMILES string of the molecule is COC(=O)CN1CCN(CCc2ccccc2-c2ccc(C(=N)N)cc2)C1=O. The number of nitrogens with two attached hydrogens (primary N) is 1. The number of nitrogen functional groups attached to an aromatic ring is 1. The summed E-state index contributed by atoms with van der Waals surface area (Å²) in [6.07, 6.45) is 0.711. The Bertz CT molecular complexity index is 879. The number of rotatable bonds is 7. The number of urea groups is 1. The van der Waals surface area contributed by atoms with Crippen molar-refractivity contribution in [2.75, 3.05) is 33.3 Å². The number of hydrogen-bond donors (Lipinski definition) is 2. The average molecular weight is 380 g/mol. The highest BCUT2D eigenvalue weighted by Gasteiger charge is 2.29. The Morgan fingerprint density at radius 3 is 2.46 bits per heavy atom. The molecule has 0 spiro atoms. The van der Waals surface area contributed by atoms with Crippen LogP contribution in [0.15, 0.2) is 48.5 Å². The fourth-order valence-electron chi connectivity index (χ4n) is 3.31. The number of hydrogen-bond acceptors (Lipinski definition) is 4. The lowest BCUT2D eigenvalue weighted by Gasteiger charge is -2.18. The first kappa shape index (κ1) is 19.4. The predicted molar refractivity (Wildman–Crippen MR) is 107 cm³/mol. The van der Waals surface area contributed by atoms with Gasteiger partial charge < -0.3 is 20.3 Å². The van der Waals surface area contributed by atoms with E-state index in [4.69, 9.17) is 11.1 Å². The van der Waals surface area contributed by atoms with Crippen LogP contribution < -0.4 is 5.73 Å². The van der Waals surface area contributed by atoms with Crippen LogP contribution in [0.25, 0.3) is 11.1 Å². The van der Waals surface area contributed by atoms with E-state index in [1.54, 1.807) is 4.90 Å². The van der Waals surface area contributed by atoms with Crippen molar-refractivity contribution < 1.29 is 14.3 Å². The van der Waals surface area contributed by atoms with Gasteiger partial charge in [0, 0.05) is 25.2 Å². The van der Waals surface area contributed by atoms with Crippen LogP contribution in [0.3, 0.4) is 0 Å². The van der Waals surface area contributed by atoms with Crippen LogP contribution in [0, 0.1) is 5.41 Å². The molecule has 0 aliphatic carbocycles.